The lowest BCUT2D eigenvalue weighted by atomic mass is 11.0. The highest BCUT2D eigenvalue weighted by molar-refractivity contribution is 5.02. The standard InChI is InChI=1S/C3H3N3O/c4-6-3-5-1-2-7-3/h1-2,4H. The van der Waals surface area contributed by atoms with Crippen molar-refractivity contribution in [3.8, 4) is 0 Å². The van der Waals surface area contributed by atoms with E-state index in [2.05, 4.69) is 14.5 Å². The highest BCUT2D eigenvalue weighted by Crippen LogP contribution is 2.02. The van der Waals surface area contributed by atoms with Gasteiger partial charge in [-0.3, -0.25) is 0 Å². The molecule has 0 aliphatic heterocycles. The van der Waals surface area contributed by atoms with Gasteiger partial charge in [-0.05, 0) is 0 Å². The first-order valence-electron chi connectivity index (χ1n) is 1.70. The molecule has 1 N–H and O–H groups in total. The second kappa shape index (κ2) is 1.51. The van der Waals surface area contributed by atoms with E-state index in [9.17, 15) is 0 Å². The average Bonchev–Trinajstić information content (AvgIpc) is 2.14. The Morgan fingerprint density at radius 1 is 1.86 bits per heavy atom. The number of rotatable bonds is 1. The summed E-state index contributed by atoms with van der Waals surface area (Å²) in [6.45, 7) is 0. The van der Waals surface area contributed by atoms with Crippen molar-refractivity contribution in [3.63, 3.8) is 0 Å². The van der Waals surface area contributed by atoms with Crippen LogP contribution in [0.4, 0.5) is 6.01 Å². The first kappa shape index (κ1) is 3.98. The summed E-state index contributed by atoms with van der Waals surface area (Å²) >= 11 is 0. The lowest BCUT2D eigenvalue weighted by Gasteiger charge is -1.68. The van der Waals surface area contributed by atoms with E-state index in [1.54, 1.807) is 0 Å². The van der Waals surface area contributed by atoms with Crippen LogP contribution in [0.5, 0.6) is 0 Å². The van der Waals surface area contributed by atoms with Crippen molar-refractivity contribution in [3.05, 3.63) is 12.5 Å². The minimum atomic E-state index is 0.0972. The summed E-state index contributed by atoms with van der Waals surface area (Å²) in [5.41, 5.74) is 6.33. The molecule has 4 nitrogen and oxygen atoms in total. The van der Waals surface area contributed by atoms with E-state index in [1.165, 1.54) is 12.5 Å². The van der Waals surface area contributed by atoms with E-state index >= 15 is 0 Å². The van der Waals surface area contributed by atoms with Gasteiger partial charge >= 0.3 is 6.01 Å². The molecule has 0 aliphatic carbocycles. The van der Waals surface area contributed by atoms with Crippen LogP contribution in [-0.4, -0.2) is 4.98 Å². The van der Waals surface area contributed by atoms with Crippen LogP contribution in [0, 0.1) is 5.53 Å². The number of hydrogen-bond donors (Lipinski definition) is 1. The second-order valence-corrected chi connectivity index (χ2v) is 0.926. The van der Waals surface area contributed by atoms with Crippen molar-refractivity contribution >= 4 is 6.01 Å². The number of hydrogen-bond acceptors (Lipinski definition) is 4. The Morgan fingerprint density at radius 3 is 3.00 bits per heavy atom. The molecule has 0 radical (unpaired) electrons. The third-order valence-electron chi connectivity index (χ3n) is 0.515. The molecule has 0 aromatic carbocycles. The smallest absolute Gasteiger partial charge is 0.340 e. The van der Waals surface area contributed by atoms with Gasteiger partial charge in [0.2, 0.25) is 0 Å². The molecule has 0 atom stereocenters. The summed E-state index contributed by atoms with van der Waals surface area (Å²) in [6, 6.07) is 0.0972. The van der Waals surface area contributed by atoms with E-state index in [0.29, 0.717) is 0 Å². The molecule has 0 saturated carbocycles. The van der Waals surface area contributed by atoms with Crippen LogP contribution in [-0.2, 0) is 0 Å². The monoisotopic (exact) mass is 97.0 g/mol. The summed E-state index contributed by atoms with van der Waals surface area (Å²) < 4.78 is 4.52. The Hall–Kier alpha value is -1.19. The summed E-state index contributed by atoms with van der Waals surface area (Å²) in [5.74, 6) is 0. The maximum atomic E-state index is 6.33. The van der Waals surface area contributed by atoms with Crippen molar-refractivity contribution in [2.75, 3.05) is 0 Å². The van der Waals surface area contributed by atoms with Gasteiger partial charge in [-0.1, -0.05) is 0 Å². The van der Waals surface area contributed by atoms with Gasteiger partial charge < -0.3 is 4.42 Å². The summed E-state index contributed by atoms with van der Waals surface area (Å²) in [6.07, 6.45) is 2.81. The van der Waals surface area contributed by atoms with Gasteiger partial charge in [0, 0.05) is 0 Å². The Bertz CT molecular complexity index is 145. The fourth-order valence-electron chi connectivity index (χ4n) is 0.271. The Balaban J connectivity index is 2.96. The largest absolute Gasteiger partial charge is 0.430 e. The van der Waals surface area contributed by atoms with Gasteiger partial charge in [-0.2, -0.15) is 10.5 Å². The highest BCUT2D eigenvalue weighted by atomic mass is 16.4. The molecule has 0 amide bonds. The normalized spacial score (nSPS) is 8.57. The predicted molar refractivity (Wildman–Crippen MR) is 21.3 cm³/mol. The summed E-state index contributed by atoms with van der Waals surface area (Å²) in [4.78, 5) is 3.51. The van der Waals surface area contributed by atoms with Gasteiger partial charge in [-0.15, -0.1) is 5.11 Å². The van der Waals surface area contributed by atoms with E-state index < -0.39 is 0 Å². The van der Waals surface area contributed by atoms with Crippen molar-refractivity contribution < 1.29 is 4.42 Å². The zero-order chi connectivity index (χ0) is 5.11. The van der Waals surface area contributed by atoms with Gasteiger partial charge in [-0.25, -0.2) is 0 Å². The van der Waals surface area contributed by atoms with E-state index in [1.807, 2.05) is 0 Å². The molecule has 0 fully saturated rings. The lowest BCUT2D eigenvalue weighted by molar-refractivity contribution is 0.560. The van der Waals surface area contributed by atoms with E-state index in [0.717, 1.165) is 0 Å². The molecule has 1 rings (SSSR count). The maximum absolute atomic E-state index is 6.33. The third-order valence-corrected chi connectivity index (χ3v) is 0.515. The maximum Gasteiger partial charge on any atom is 0.340 e. The number of aromatic nitrogens is 1. The zero-order valence-electron chi connectivity index (χ0n) is 3.46. The molecular weight excluding hydrogens is 94.1 g/mol. The van der Waals surface area contributed by atoms with E-state index in [4.69, 9.17) is 5.53 Å². The molecule has 7 heavy (non-hydrogen) atoms. The first-order chi connectivity index (χ1) is 3.43. The predicted octanol–water partition coefficient (Wildman–Crippen LogP) is 1.34. The molecule has 0 spiro atoms. The average molecular weight is 97.1 g/mol. The van der Waals surface area contributed by atoms with Crippen molar-refractivity contribution in [2.24, 2.45) is 5.11 Å². The molecule has 1 heterocycles. The SMILES string of the molecule is N=Nc1ncco1. The minimum Gasteiger partial charge on any atom is -0.430 e. The van der Waals surface area contributed by atoms with Crippen LogP contribution in [0.1, 0.15) is 0 Å². The van der Waals surface area contributed by atoms with Crippen LogP contribution in [0.15, 0.2) is 22.0 Å². The van der Waals surface area contributed by atoms with Gasteiger partial charge in [0.25, 0.3) is 0 Å². The molecule has 0 saturated heterocycles. The number of oxazole rings is 1. The molecule has 1 aromatic heterocycles. The van der Waals surface area contributed by atoms with E-state index in [-0.39, 0.29) is 6.01 Å². The molecule has 4 heteroatoms. The number of nitrogens with zero attached hydrogens (tertiary/aromatic N) is 2. The van der Waals surface area contributed by atoms with Crippen molar-refractivity contribution in [2.45, 2.75) is 0 Å². The van der Waals surface area contributed by atoms with Crippen LogP contribution in [0.2, 0.25) is 0 Å². The molecule has 0 unspecified atom stereocenters. The Kier molecular flexibility index (Phi) is 0.856. The minimum absolute atomic E-state index is 0.0972. The molecule has 0 aliphatic rings. The van der Waals surface area contributed by atoms with Gasteiger partial charge in [0.15, 0.2) is 0 Å². The zero-order valence-corrected chi connectivity index (χ0v) is 3.46. The van der Waals surface area contributed by atoms with Gasteiger partial charge in [0.1, 0.15) is 6.26 Å². The third kappa shape index (κ3) is 0.623. The Morgan fingerprint density at radius 2 is 2.71 bits per heavy atom. The fourth-order valence-corrected chi connectivity index (χ4v) is 0.271. The van der Waals surface area contributed by atoms with Crippen molar-refractivity contribution in [1.29, 1.82) is 5.53 Å². The highest BCUT2D eigenvalue weighted by Gasteiger charge is 1.85. The van der Waals surface area contributed by atoms with Crippen LogP contribution < -0.4 is 0 Å². The van der Waals surface area contributed by atoms with Crippen LogP contribution >= 0.6 is 0 Å². The molecular formula is C3H3N3O. The fraction of sp³-hybridized carbons (Fsp3) is 0. The van der Waals surface area contributed by atoms with Crippen LogP contribution in [0.25, 0.3) is 0 Å². The lowest BCUT2D eigenvalue weighted by Crippen LogP contribution is -1.51. The Labute approximate surface area is 39.7 Å². The number of nitrogens with one attached hydrogen (secondary N) is 1. The topological polar surface area (TPSA) is 62.2 Å². The molecule has 36 valence electrons. The first-order valence-corrected chi connectivity index (χ1v) is 1.70. The van der Waals surface area contributed by atoms with Crippen LogP contribution in [0.3, 0.4) is 0 Å². The molecule has 0 bridgehead atoms. The second-order valence-electron chi connectivity index (χ2n) is 0.926. The molecule has 1 aromatic rings. The summed E-state index contributed by atoms with van der Waals surface area (Å²) in [5, 5.41) is 2.90. The quantitative estimate of drug-likeness (QED) is 0.537. The summed E-state index contributed by atoms with van der Waals surface area (Å²) in [7, 11) is 0. The van der Waals surface area contributed by atoms with Crippen molar-refractivity contribution in [1.82, 2.24) is 4.98 Å². The van der Waals surface area contributed by atoms with Gasteiger partial charge in [0.05, 0.1) is 6.20 Å².